The summed E-state index contributed by atoms with van der Waals surface area (Å²) in [6, 6.07) is 5.15. The molecule has 1 aromatic carbocycles. The van der Waals surface area contributed by atoms with Gasteiger partial charge in [-0.1, -0.05) is 23.8 Å². The molecule has 0 saturated carbocycles. The molecule has 0 heterocycles. The van der Waals surface area contributed by atoms with Gasteiger partial charge in [-0.05, 0) is 18.2 Å². The maximum atomic E-state index is 11.2. The van der Waals surface area contributed by atoms with E-state index in [1.165, 1.54) is 7.11 Å². The van der Waals surface area contributed by atoms with Gasteiger partial charge in [-0.2, -0.15) is 0 Å². The third-order valence-corrected chi connectivity index (χ3v) is 2.68. The van der Waals surface area contributed by atoms with Gasteiger partial charge >= 0.3 is 5.97 Å². The number of anilines is 1. The van der Waals surface area contributed by atoms with E-state index in [2.05, 4.69) is 4.74 Å². The molecule has 0 aromatic heterocycles. The number of benzene rings is 1. The molecule has 0 unspecified atom stereocenters. The normalized spacial score (nSPS) is 9.82. The lowest BCUT2D eigenvalue weighted by molar-refractivity contribution is -0.138. The van der Waals surface area contributed by atoms with Gasteiger partial charge in [-0.3, -0.25) is 4.79 Å². The first-order valence-corrected chi connectivity index (χ1v) is 5.61. The highest BCUT2D eigenvalue weighted by molar-refractivity contribution is 7.80. The minimum atomic E-state index is -0.337. The van der Waals surface area contributed by atoms with Crippen LogP contribution in [0.3, 0.4) is 0 Å². The van der Waals surface area contributed by atoms with E-state index < -0.39 is 0 Å². The number of esters is 1. The first-order valence-electron chi connectivity index (χ1n) is 4.83. The number of likely N-dealkylation sites (N-methyl/N-ethyl adjacent to an activating group) is 1. The van der Waals surface area contributed by atoms with E-state index in [0.29, 0.717) is 10.6 Å². The fourth-order valence-corrected chi connectivity index (χ4v) is 1.72. The number of nitrogens with zero attached hydrogens (tertiary/aromatic N) is 1. The van der Waals surface area contributed by atoms with Gasteiger partial charge in [0.25, 0.3) is 0 Å². The minimum absolute atomic E-state index is 0.119. The molecule has 0 aliphatic carbocycles. The number of thiocarbonyl (C=S) groups is 1. The third-order valence-electron chi connectivity index (χ3n) is 2.23. The monoisotopic (exact) mass is 272 g/mol. The first kappa shape index (κ1) is 13.7. The fourth-order valence-electron chi connectivity index (χ4n) is 1.38. The quantitative estimate of drug-likeness (QED) is 0.666. The molecule has 0 radical (unpaired) electrons. The molecule has 2 N–H and O–H groups in total. The molecule has 0 saturated heterocycles. The van der Waals surface area contributed by atoms with Gasteiger partial charge in [0.2, 0.25) is 0 Å². The molecule has 0 aliphatic heterocycles. The first-order chi connectivity index (χ1) is 7.95. The Labute approximate surface area is 110 Å². The Morgan fingerprint density at radius 1 is 1.59 bits per heavy atom. The zero-order valence-electron chi connectivity index (χ0n) is 9.57. The number of hydrogen-bond acceptors (Lipinski definition) is 4. The van der Waals surface area contributed by atoms with Gasteiger partial charge in [-0.15, -0.1) is 0 Å². The zero-order chi connectivity index (χ0) is 13.0. The van der Waals surface area contributed by atoms with Crippen molar-refractivity contribution in [1.82, 2.24) is 0 Å². The van der Waals surface area contributed by atoms with Crippen molar-refractivity contribution in [2.45, 2.75) is 0 Å². The van der Waals surface area contributed by atoms with Crippen LogP contribution in [-0.2, 0) is 9.53 Å². The summed E-state index contributed by atoms with van der Waals surface area (Å²) in [5.74, 6) is -0.337. The van der Waals surface area contributed by atoms with Crippen LogP contribution in [0.5, 0.6) is 0 Å². The van der Waals surface area contributed by atoms with E-state index in [9.17, 15) is 4.79 Å². The number of methoxy groups -OCH3 is 1. The largest absolute Gasteiger partial charge is 0.468 e. The van der Waals surface area contributed by atoms with Gasteiger partial charge in [0.05, 0.1) is 7.11 Å². The summed E-state index contributed by atoms with van der Waals surface area (Å²) in [6.07, 6.45) is 0. The highest BCUT2D eigenvalue weighted by Crippen LogP contribution is 2.23. The Bertz CT molecular complexity index is 451. The van der Waals surface area contributed by atoms with Crippen molar-refractivity contribution in [2.75, 3.05) is 25.6 Å². The Morgan fingerprint density at radius 2 is 2.24 bits per heavy atom. The lowest BCUT2D eigenvalue weighted by atomic mass is 10.1. The van der Waals surface area contributed by atoms with E-state index in [1.54, 1.807) is 30.1 Å². The zero-order valence-corrected chi connectivity index (χ0v) is 11.1. The molecule has 92 valence electrons. The summed E-state index contributed by atoms with van der Waals surface area (Å²) in [7, 11) is 3.09. The van der Waals surface area contributed by atoms with Crippen molar-refractivity contribution in [3.63, 3.8) is 0 Å². The molecular weight excluding hydrogens is 260 g/mol. The summed E-state index contributed by atoms with van der Waals surface area (Å²) in [5, 5.41) is 0.544. The number of ether oxygens (including phenoxy) is 1. The molecule has 0 aliphatic rings. The van der Waals surface area contributed by atoms with Crippen molar-refractivity contribution in [3.8, 4) is 0 Å². The van der Waals surface area contributed by atoms with E-state index in [4.69, 9.17) is 29.6 Å². The van der Waals surface area contributed by atoms with Crippen LogP contribution in [0.15, 0.2) is 18.2 Å². The van der Waals surface area contributed by atoms with E-state index >= 15 is 0 Å². The smallest absolute Gasteiger partial charge is 0.325 e. The second-order valence-electron chi connectivity index (χ2n) is 3.46. The molecule has 0 fully saturated rings. The molecule has 0 spiro atoms. The molecule has 1 rings (SSSR count). The summed E-state index contributed by atoms with van der Waals surface area (Å²) in [6.45, 7) is 0.119. The van der Waals surface area contributed by atoms with Gasteiger partial charge in [0.15, 0.2) is 0 Å². The lowest BCUT2D eigenvalue weighted by Gasteiger charge is -2.20. The number of carbonyl (C=O) groups excluding carboxylic acids is 1. The standard InChI is InChI=1S/C11H13ClN2O2S/c1-14(6-10(15)16-2)9-4-3-7(12)5-8(9)11(13)17/h3-5H,6H2,1-2H3,(H2,13,17). The van der Waals surface area contributed by atoms with Crippen molar-refractivity contribution in [1.29, 1.82) is 0 Å². The van der Waals surface area contributed by atoms with E-state index in [0.717, 1.165) is 5.69 Å². The van der Waals surface area contributed by atoms with Crippen LogP contribution in [-0.4, -0.2) is 31.7 Å². The van der Waals surface area contributed by atoms with Crippen LogP contribution in [0.2, 0.25) is 5.02 Å². The number of halogens is 1. The highest BCUT2D eigenvalue weighted by Gasteiger charge is 2.13. The van der Waals surface area contributed by atoms with E-state index in [1.807, 2.05) is 0 Å². The molecule has 0 bridgehead atoms. The molecule has 4 nitrogen and oxygen atoms in total. The van der Waals surface area contributed by atoms with Crippen LogP contribution in [0.4, 0.5) is 5.69 Å². The Morgan fingerprint density at radius 3 is 2.76 bits per heavy atom. The molecular formula is C11H13ClN2O2S. The summed E-state index contributed by atoms with van der Waals surface area (Å²) in [5.41, 5.74) is 7.00. The van der Waals surface area contributed by atoms with Crippen molar-refractivity contribution in [2.24, 2.45) is 5.73 Å². The van der Waals surface area contributed by atoms with Crippen LogP contribution >= 0.6 is 23.8 Å². The Kier molecular flexibility index (Phi) is 4.72. The average molecular weight is 273 g/mol. The average Bonchev–Trinajstić information content (AvgIpc) is 2.28. The molecule has 6 heteroatoms. The van der Waals surface area contributed by atoms with Crippen molar-refractivity contribution in [3.05, 3.63) is 28.8 Å². The second kappa shape index (κ2) is 5.84. The summed E-state index contributed by atoms with van der Waals surface area (Å²) >= 11 is 10.8. The number of hydrogen-bond donors (Lipinski definition) is 1. The third kappa shape index (κ3) is 3.57. The lowest BCUT2D eigenvalue weighted by Crippen LogP contribution is -2.28. The number of carbonyl (C=O) groups is 1. The highest BCUT2D eigenvalue weighted by atomic mass is 35.5. The van der Waals surface area contributed by atoms with Crippen LogP contribution in [0.25, 0.3) is 0 Å². The van der Waals surface area contributed by atoms with Crippen molar-refractivity contribution < 1.29 is 9.53 Å². The Balaban J connectivity index is 3.04. The van der Waals surface area contributed by atoms with E-state index in [-0.39, 0.29) is 17.5 Å². The predicted octanol–water partition coefficient (Wildman–Crippen LogP) is 1.58. The second-order valence-corrected chi connectivity index (χ2v) is 4.33. The van der Waals surface area contributed by atoms with Gasteiger partial charge < -0.3 is 15.4 Å². The van der Waals surface area contributed by atoms with Crippen LogP contribution < -0.4 is 10.6 Å². The van der Waals surface area contributed by atoms with Gasteiger partial charge in [-0.25, -0.2) is 0 Å². The van der Waals surface area contributed by atoms with Gasteiger partial charge in [0.1, 0.15) is 11.5 Å². The van der Waals surface area contributed by atoms with Crippen LogP contribution in [0, 0.1) is 0 Å². The molecule has 0 atom stereocenters. The Hall–Kier alpha value is -1.33. The molecule has 17 heavy (non-hydrogen) atoms. The fraction of sp³-hybridized carbons (Fsp3) is 0.273. The topological polar surface area (TPSA) is 55.6 Å². The van der Waals surface area contributed by atoms with Gasteiger partial charge in [0, 0.05) is 23.3 Å². The number of rotatable bonds is 4. The summed E-state index contributed by atoms with van der Waals surface area (Å²) < 4.78 is 4.60. The SMILES string of the molecule is COC(=O)CN(C)c1ccc(Cl)cc1C(N)=S. The number of nitrogens with two attached hydrogens (primary N) is 1. The molecule has 1 aromatic rings. The minimum Gasteiger partial charge on any atom is -0.468 e. The maximum absolute atomic E-state index is 11.2. The predicted molar refractivity (Wildman–Crippen MR) is 72.6 cm³/mol. The van der Waals surface area contributed by atoms with Crippen molar-refractivity contribution >= 4 is 40.5 Å². The summed E-state index contributed by atoms with van der Waals surface area (Å²) in [4.78, 5) is 13.1. The maximum Gasteiger partial charge on any atom is 0.325 e. The molecule has 0 amide bonds. The van der Waals surface area contributed by atoms with Crippen LogP contribution in [0.1, 0.15) is 5.56 Å².